The summed E-state index contributed by atoms with van der Waals surface area (Å²) in [6.07, 6.45) is 45.9. The molecule has 454 valence electrons. The van der Waals surface area contributed by atoms with Crippen molar-refractivity contribution in [3.05, 3.63) is 0 Å². The van der Waals surface area contributed by atoms with E-state index < -0.39 is 12.2 Å². The van der Waals surface area contributed by atoms with Crippen LogP contribution in [0.2, 0.25) is 0 Å². The van der Waals surface area contributed by atoms with E-state index in [1.807, 2.05) is 21.6 Å². The van der Waals surface area contributed by atoms with E-state index in [1.54, 1.807) is 0 Å². The molecule has 0 amide bonds. The lowest BCUT2D eigenvalue weighted by Crippen LogP contribution is -2.47. The summed E-state index contributed by atoms with van der Waals surface area (Å²) >= 11 is 0. The lowest BCUT2D eigenvalue weighted by atomic mass is 10.0. The van der Waals surface area contributed by atoms with Gasteiger partial charge < -0.3 is 30.1 Å². The number of ether oxygens (including phenoxy) is 1. The summed E-state index contributed by atoms with van der Waals surface area (Å²) < 4.78 is 5.72. The molecule has 1 aliphatic heterocycles. The molecule has 10 nitrogen and oxygen atoms in total. The summed E-state index contributed by atoms with van der Waals surface area (Å²) in [5.41, 5.74) is 0. The van der Waals surface area contributed by atoms with E-state index >= 15 is 0 Å². The minimum atomic E-state index is -0.402. The van der Waals surface area contributed by atoms with Crippen molar-refractivity contribution in [1.82, 2.24) is 19.6 Å². The molecule has 0 aliphatic carbocycles. The van der Waals surface area contributed by atoms with Crippen LogP contribution in [0.25, 0.3) is 0 Å². The van der Waals surface area contributed by atoms with E-state index in [9.17, 15) is 25.2 Å². The molecule has 1 rings (SSSR count). The highest BCUT2D eigenvalue weighted by molar-refractivity contribution is 8.76. The Labute approximate surface area is 480 Å². The first-order valence-corrected chi connectivity index (χ1v) is 35.7. The number of esters is 1. The van der Waals surface area contributed by atoms with Crippen molar-refractivity contribution in [3.63, 3.8) is 0 Å². The van der Waals surface area contributed by atoms with Gasteiger partial charge in [-0.2, -0.15) is 0 Å². The average Bonchev–Trinajstić information content (AvgIpc) is 3.40. The predicted molar refractivity (Wildman–Crippen MR) is 333 cm³/mol. The van der Waals surface area contributed by atoms with Crippen LogP contribution in [0.15, 0.2) is 0 Å². The molecule has 4 atom stereocenters. The lowest BCUT2D eigenvalue weighted by Gasteiger charge is -2.34. The Morgan fingerprint density at radius 2 is 0.684 bits per heavy atom. The summed E-state index contributed by atoms with van der Waals surface area (Å²) in [5, 5.41) is 44.0. The number of rotatable bonds is 60. The van der Waals surface area contributed by atoms with Crippen molar-refractivity contribution in [2.75, 3.05) is 96.6 Å². The zero-order valence-electron chi connectivity index (χ0n) is 50.9. The molecule has 0 radical (unpaired) electrons. The van der Waals surface area contributed by atoms with Crippen LogP contribution in [0, 0.1) is 0 Å². The zero-order valence-corrected chi connectivity index (χ0v) is 52.5. The van der Waals surface area contributed by atoms with Crippen molar-refractivity contribution in [3.8, 4) is 0 Å². The van der Waals surface area contributed by atoms with Crippen molar-refractivity contribution < 1.29 is 30.0 Å². The van der Waals surface area contributed by atoms with Crippen LogP contribution in [-0.2, 0) is 9.53 Å². The molecule has 1 saturated heterocycles. The number of carbonyl (C=O) groups excluding carboxylic acids is 1. The second-order valence-electron chi connectivity index (χ2n) is 23.5. The Hall–Kier alpha value is -0.150. The SMILES string of the molecule is CCCCCCCCCCC(O)CN(CCCSSCCCN1CCN(CCOC(=O)CCCN(CC(O)CCCCCCCCCC)CC(O)CCCCCCCCCC)CC1)CC(O)CCCCCCCCCC. The van der Waals surface area contributed by atoms with Gasteiger partial charge in [0.1, 0.15) is 6.61 Å². The highest BCUT2D eigenvalue weighted by Crippen LogP contribution is 2.24. The first-order chi connectivity index (χ1) is 37.2. The number of hydrogen-bond acceptors (Lipinski definition) is 12. The van der Waals surface area contributed by atoms with E-state index in [0.717, 1.165) is 115 Å². The highest BCUT2D eigenvalue weighted by Gasteiger charge is 2.20. The molecular formula is C64H130N4O6S2. The Bertz CT molecular complexity index is 1130. The van der Waals surface area contributed by atoms with Gasteiger partial charge in [-0.05, 0) is 64.6 Å². The molecule has 12 heteroatoms. The fraction of sp³-hybridized carbons (Fsp3) is 0.984. The highest BCUT2D eigenvalue weighted by atomic mass is 33.1. The van der Waals surface area contributed by atoms with Gasteiger partial charge in [-0.15, -0.1) is 0 Å². The van der Waals surface area contributed by atoms with Crippen molar-refractivity contribution in [2.24, 2.45) is 0 Å². The van der Waals surface area contributed by atoms with Crippen LogP contribution in [0.4, 0.5) is 0 Å². The number of aliphatic hydroxyl groups is 4. The van der Waals surface area contributed by atoms with Crippen LogP contribution in [0.1, 0.15) is 285 Å². The molecule has 0 aromatic carbocycles. The molecule has 4 unspecified atom stereocenters. The van der Waals surface area contributed by atoms with Crippen LogP contribution >= 0.6 is 21.6 Å². The van der Waals surface area contributed by atoms with Gasteiger partial charge in [0, 0.05) is 76.8 Å². The van der Waals surface area contributed by atoms with Gasteiger partial charge >= 0.3 is 5.97 Å². The number of nitrogens with zero attached hydrogens (tertiary/aromatic N) is 4. The molecular weight excluding hydrogens is 985 g/mol. The topological polar surface area (TPSA) is 120 Å². The Balaban J connectivity index is 2.34. The van der Waals surface area contributed by atoms with Crippen LogP contribution in [-0.4, -0.2) is 167 Å². The quantitative estimate of drug-likeness (QED) is 0.0264. The third-order valence-corrected chi connectivity index (χ3v) is 18.5. The summed E-state index contributed by atoms with van der Waals surface area (Å²) in [5.74, 6) is 2.10. The minimum Gasteiger partial charge on any atom is -0.464 e. The fourth-order valence-corrected chi connectivity index (χ4v) is 13.1. The number of piperazine rings is 1. The Kier molecular flexibility index (Phi) is 55.1. The smallest absolute Gasteiger partial charge is 0.305 e. The Morgan fingerprint density at radius 3 is 1.03 bits per heavy atom. The summed E-state index contributed by atoms with van der Waals surface area (Å²) in [6.45, 7) is 19.6. The minimum absolute atomic E-state index is 0.142. The molecule has 1 heterocycles. The predicted octanol–water partition coefficient (Wildman–Crippen LogP) is 15.3. The van der Waals surface area contributed by atoms with Gasteiger partial charge in [-0.1, -0.05) is 255 Å². The van der Waals surface area contributed by atoms with Gasteiger partial charge in [0.15, 0.2) is 0 Å². The molecule has 0 aromatic rings. The molecule has 4 N–H and O–H groups in total. The molecule has 1 aliphatic rings. The molecule has 1 fully saturated rings. The third kappa shape index (κ3) is 49.6. The summed E-state index contributed by atoms with van der Waals surface area (Å²) in [6, 6.07) is 0. The molecule has 76 heavy (non-hydrogen) atoms. The van der Waals surface area contributed by atoms with E-state index in [1.165, 1.54) is 186 Å². The van der Waals surface area contributed by atoms with Gasteiger partial charge in [-0.25, -0.2) is 0 Å². The maximum absolute atomic E-state index is 12.8. The second kappa shape index (κ2) is 56.7. The lowest BCUT2D eigenvalue weighted by molar-refractivity contribution is -0.144. The van der Waals surface area contributed by atoms with E-state index in [-0.39, 0.29) is 18.2 Å². The molecule has 0 saturated carbocycles. The largest absolute Gasteiger partial charge is 0.464 e. The van der Waals surface area contributed by atoms with Gasteiger partial charge in [0.05, 0.1) is 24.4 Å². The van der Waals surface area contributed by atoms with Gasteiger partial charge in [0.2, 0.25) is 0 Å². The van der Waals surface area contributed by atoms with Crippen molar-refractivity contribution in [1.29, 1.82) is 0 Å². The number of carbonyl (C=O) groups is 1. The zero-order chi connectivity index (χ0) is 55.2. The van der Waals surface area contributed by atoms with Crippen LogP contribution in [0.5, 0.6) is 0 Å². The van der Waals surface area contributed by atoms with E-state index in [4.69, 9.17) is 4.74 Å². The first kappa shape index (κ1) is 73.9. The molecule has 0 spiro atoms. The normalized spacial score (nSPS) is 15.3. The first-order valence-electron chi connectivity index (χ1n) is 33.2. The summed E-state index contributed by atoms with van der Waals surface area (Å²) in [7, 11) is 3.97. The van der Waals surface area contributed by atoms with Crippen LogP contribution in [0.3, 0.4) is 0 Å². The maximum atomic E-state index is 12.8. The van der Waals surface area contributed by atoms with Crippen molar-refractivity contribution >= 4 is 27.6 Å². The average molecular weight is 1120 g/mol. The third-order valence-electron chi connectivity index (χ3n) is 15.9. The van der Waals surface area contributed by atoms with Gasteiger partial charge in [-0.3, -0.25) is 19.5 Å². The Morgan fingerprint density at radius 1 is 0.395 bits per heavy atom. The second-order valence-corrected chi connectivity index (χ2v) is 26.2. The van der Waals surface area contributed by atoms with Crippen molar-refractivity contribution in [2.45, 2.75) is 309 Å². The molecule has 0 bridgehead atoms. The molecule has 0 aromatic heterocycles. The standard InChI is InChI=1S/C64H130N4O6S2/c1-5-9-13-17-21-25-29-33-40-60(69)56-67(57-61(70)41-34-30-26-22-18-14-10-6-2)45-37-44-64(73)74-53-52-66-50-48-65(49-51-66)46-38-54-75-76-55-39-47-68(58-62(71)42-35-31-27-23-19-15-11-7-3)59-63(72)43-36-32-28-24-20-16-12-8-4/h60-63,69-72H,5-59H2,1-4H3. The van der Waals surface area contributed by atoms with E-state index in [0.29, 0.717) is 52.2 Å². The van der Waals surface area contributed by atoms with E-state index in [2.05, 4.69) is 47.3 Å². The van der Waals surface area contributed by atoms with Gasteiger partial charge in [0.25, 0.3) is 0 Å². The fourth-order valence-electron chi connectivity index (χ4n) is 11.0. The maximum Gasteiger partial charge on any atom is 0.305 e. The summed E-state index contributed by atoms with van der Waals surface area (Å²) in [4.78, 5) is 22.4. The number of hydrogen-bond donors (Lipinski definition) is 4. The number of aliphatic hydroxyl groups excluding tert-OH is 4. The number of unbranched alkanes of at least 4 members (excludes halogenated alkanes) is 28. The monoisotopic (exact) mass is 1110 g/mol. The van der Waals surface area contributed by atoms with Crippen LogP contribution < -0.4 is 0 Å².